The Morgan fingerprint density at radius 1 is 1.41 bits per heavy atom. The minimum absolute atomic E-state index is 0.110. The first kappa shape index (κ1) is 14.9. The van der Waals surface area contributed by atoms with E-state index in [2.05, 4.69) is 20.8 Å². The van der Waals surface area contributed by atoms with Gasteiger partial charge in [0.2, 0.25) is 0 Å². The Balaban J connectivity index is 2.22. The first-order valence-electron chi connectivity index (χ1n) is 6.99. The van der Waals surface area contributed by atoms with Crippen LogP contribution in [0.1, 0.15) is 52.9 Å². The van der Waals surface area contributed by atoms with E-state index in [4.69, 9.17) is 10.5 Å². The molecule has 0 heterocycles. The molecule has 1 aliphatic carbocycles. The lowest BCUT2D eigenvalue weighted by molar-refractivity contribution is 0.0349. The maximum Gasteiger partial charge on any atom is 0.0613 e. The molecule has 0 spiro atoms. The summed E-state index contributed by atoms with van der Waals surface area (Å²) in [4.78, 5) is 0. The van der Waals surface area contributed by atoms with Gasteiger partial charge in [-0.05, 0) is 44.4 Å². The smallest absolute Gasteiger partial charge is 0.0613 e. The van der Waals surface area contributed by atoms with E-state index in [0.717, 1.165) is 38.7 Å². The normalized spacial score (nSPS) is 31.1. The summed E-state index contributed by atoms with van der Waals surface area (Å²) in [5, 5.41) is 9.36. The predicted molar refractivity (Wildman–Crippen MR) is 70.8 cm³/mol. The van der Waals surface area contributed by atoms with Crippen molar-refractivity contribution in [1.29, 1.82) is 0 Å². The van der Waals surface area contributed by atoms with Crippen LogP contribution in [0.2, 0.25) is 0 Å². The van der Waals surface area contributed by atoms with E-state index in [-0.39, 0.29) is 12.1 Å². The van der Waals surface area contributed by atoms with Crippen LogP contribution in [0.15, 0.2) is 0 Å². The van der Waals surface area contributed by atoms with Gasteiger partial charge in [0.25, 0.3) is 0 Å². The van der Waals surface area contributed by atoms with E-state index in [0.29, 0.717) is 17.9 Å². The molecule has 3 nitrogen and oxygen atoms in total. The molecule has 1 saturated carbocycles. The van der Waals surface area contributed by atoms with Crippen LogP contribution in [-0.2, 0) is 4.74 Å². The Kier molecular flexibility index (Phi) is 5.90. The first-order valence-corrected chi connectivity index (χ1v) is 6.99. The molecule has 3 N–H and O–H groups in total. The Morgan fingerprint density at radius 2 is 2.12 bits per heavy atom. The van der Waals surface area contributed by atoms with Gasteiger partial charge in [-0.15, -0.1) is 0 Å². The number of hydrogen-bond acceptors (Lipinski definition) is 3. The quantitative estimate of drug-likeness (QED) is 0.721. The fourth-order valence-corrected chi connectivity index (χ4v) is 2.95. The van der Waals surface area contributed by atoms with Gasteiger partial charge in [0, 0.05) is 12.1 Å². The minimum atomic E-state index is -0.343. The summed E-state index contributed by atoms with van der Waals surface area (Å²) in [6.45, 7) is 7.45. The molecule has 0 radical (unpaired) electrons. The summed E-state index contributed by atoms with van der Waals surface area (Å²) in [7, 11) is 0. The molecular formula is C14H29NO2. The highest BCUT2D eigenvalue weighted by Crippen LogP contribution is 2.35. The van der Waals surface area contributed by atoms with E-state index in [1.54, 1.807) is 0 Å². The van der Waals surface area contributed by atoms with Gasteiger partial charge in [0.1, 0.15) is 0 Å². The van der Waals surface area contributed by atoms with Gasteiger partial charge in [-0.3, -0.25) is 0 Å². The van der Waals surface area contributed by atoms with Gasteiger partial charge in [0.05, 0.1) is 12.7 Å². The lowest BCUT2D eigenvalue weighted by Gasteiger charge is -2.29. The van der Waals surface area contributed by atoms with Crippen LogP contribution >= 0.6 is 0 Å². The van der Waals surface area contributed by atoms with E-state index < -0.39 is 0 Å². The number of rotatable bonds is 7. The Bertz CT molecular complexity index is 220. The summed E-state index contributed by atoms with van der Waals surface area (Å²) in [5.74, 6) is 1.11. The third-order valence-corrected chi connectivity index (χ3v) is 3.97. The number of ether oxygens (including phenoxy) is 1. The van der Waals surface area contributed by atoms with Gasteiger partial charge in [-0.1, -0.05) is 20.3 Å². The molecule has 1 aliphatic rings. The molecule has 0 bridgehead atoms. The second kappa shape index (κ2) is 6.72. The van der Waals surface area contributed by atoms with E-state index in [1.165, 1.54) is 0 Å². The average Bonchev–Trinajstić information content (AvgIpc) is 2.60. The van der Waals surface area contributed by atoms with E-state index in [9.17, 15) is 5.11 Å². The standard InChI is InChI=1S/C14H29NO2/c1-11(2)9-12(3)17-8-6-13-5-4-7-14(13,15)10-16/h11-13,16H,4-10,15H2,1-3H3. The minimum Gasteiger partial charge on any atom is -0.394 e. The molecule has 0 saturated heterocycles. The number of aliphatic hydroxyl groups excluding tert-OH is 1. The van der Waals surface area contributed by atoms with Crippen LogP contribution in [-0.4, -0.2) is 30.0 Å². The van der Waals surface area contributed by atoms with Gasteiger partial charge in [-0.25, -0.2) is 0 Å². The Morgan fingerprint density at radius 3 is 2.71 bits per heavy atom. The van der Waals surface area contributed by atoms with Crippen LogP contribution in [0.3, 0.4) is 0 Å². The third kappa shape index (κ3) is 4.57. The van der Waals surface area contributed by atoms with Crippen LogP contribution in [0.25, 0.3) is 0 Å². The number of hydrogen-bond donors (Lipinski definition) is 2. The average molecular weight is 243 g/mol. The topological polar surface area (TPSA) is 55.5 Å². The van der Waals surface area contributed by atoms with Crippen molar-refractivity contribution in [3.8, 4) is 0 Å². The summed E-state index contributed by atoms with van der Waals surface area (Å²) >= 11 is 0. The fourth-order valence-electron chi connectivity index (χ4n) is 2.95. The molecule has 3 heteroatoms. The monoisotopic (exact) mass is 243 g/mol. The van der Waals surface area contributed by atoms with Crippen molar-refractivity contribution in [2.45, 2.75) is 64.5 Å². The second-order valence-electron chi connectivity index (χ2n) is 6.08. The Labute approximate surface area is 106 Å². The molecule has 1 fully saturated rings. The molecular weight excluding hydrogens is 214 g/mol. The second-order valence-corrected chi connectivity index (χ2v) is 6.08. The zero-order valence-corrected chi connectivity index (χ0v) is 11.6. The molecule has 0 aliphatic heterocycles. The van der Waals surface area contributed by atoms with E-state index >= 15 is 0 Å². The van der Waals surface area contributed by atoms with Crippen LogP contribution in [0, 0.1) is 11.8 Å². The lowest BCUT2D eigenvalue weighted by Crippen LogP contribution is -2.47. The van der Waals surface area contributed by atoms with Crippen molar-refractivity contribution in [2.24, 2.45) is 17.6 Å². The van der Waals surface area contributed by atoms with Crippen LogP contribution in [0.5, 0.6) is 0 Å². The highest BCUT2D eigenvalue weighted by molar-refractivity contribution is 4.95. The largest absolute Gasteiger partial charge is 0.394 e. The molecule has 0 amide bonds. The molecule has 17 heavy (non-hydrogen) atoms. The highest BCUT2D eigenvalue weighted by Gasteiger charge is 2.38. The van der Waals surface area contributed by atoms with Gasteiger partial charge in [0.15, 0.2) is 0 Å². The predicted octanol–water partition coefficient (Wildman–Crippen LogP) is 2.32. The van der Waals surface area contributed by atoms with Crippen molar-refractivity contribution in [1.82, 2.24) is 0 Å². The molecule has 1 rings (SSSR count). The fraction of sp³-hybridized carbons (Fsp3) is 1.00. The SMILES string of the molecule is CC(C)CC(C)OCCC1CCCC1(N)CO. The molecule has 3 atom stereocenters. The maximum absolute atomic E-state index is 9.36. The maximum atomic E-state index is 9.36. The van der Waals surface area contributed by atoms with Crippen molar-refractivity contribution in [3.05, 3.63) is 0 Å². The van der Waals surface area contributed by atoms with Crippen molar-refractivity contribution >= 4 is 0 Å². The number of aliphatic hydroxyl groups is 1. The van der Waals surface area contributed by atoms with Gasteiger partial charge < -0.3 is 15.6 Å². The summed E-state index contributed by atoms with van der Waals surface area (Å²) in [6, 6.07) is 0. The van der Waals surface area contributed by atoms with E-state index in [1.807, 2.05) is 0 Å². The zero-order valence-electron chi connectivity index (χ0n) is 11.6. The lowest BCUT2D eigenvalue weighted by atomic mass is 9.87. The molecule has 102 valence electrons. The van der Waals surface area contributed by atoms with Gasteiger partial charge >= 0.3 is 0 Å². The molecule has 0 aromatic heterocycles. The summed E-state index contributed by atoms with van der Waals surface area (Å²) in [5.41, 5.74) is 5.85. The third-order valence-electron chi connectivity index (χ3n) is 3.97. The molecule has 0 aromatic rings. The molecule has 0 aromatic carbocycles. The van der Waals surface area contributed by atoms with Crippen LogP contribution < -0.4 is 5.73 Å². The number of nitrogens with two attached hydrogens (primary N) is 1. The molecule has 3 unspecified atom stereocenters. The summed E-state index contributed by atoms with van der Waals surface area (Å²) in [6.07, 6.45) is 5.66. The van der Waals surface area contributed by atoms with Crippen molar-refractivity contribution in [2.75, 3.05) is 13.2 Å². The Hall–Kier alpha value is -0.120. The van der Waals surface area contributed by atoms with Gasteiger partial charge in [-0.2, -0.15) is 0 Å². The zero-order chi connectivity index (χ0) is 12.9. The van der Waals surface area contributed by atoms with Crippen molar-refractivity contribution < 1.29 is 9.84 Å². The highest BCUT2D eigenvalue weighted by atomic mass is 16.5. The van der Waals surface area contributed by atoms with Crippen LogP contribution in [0.4, 0.5) is 0 Å². The van der Waals surface area contributed by atoms with Crippen molar-refractivity contribution in [3.63, 3.8) is 0 Å². The first-order chi connectivity index (χ1) is 7.98. The summed E-state index contributed by atoms with van der Waals surface area (Å²) < 4.78 is 5.82.